The van der Waals surface area contributed by atoms with Crippen molar-refractivity contribution in [3.8, 4) is 0 Å². The Bertz CT molecular complexity index is 879. The van der Waals surface area contributed by atoms with Gasteiger partial charge in [-0.2, -0.15) is 0 Å². The van der Waals surface area contributed by atoms with Gasteiger partial charge >= 0.3 is 0 Å². The predicted molar refractivity (Wildman–Crippen MR) is 104 cm³/mol. The van der Waals surface area contributed by atoms with Gasteiger partial charge in [-0.15, -0.1) is 0 Å². The maximum absolute atomic E-state index is 12.6. The molecule has 0 aliphatic carbocycles. The van der Waals surface area contributed by atoms with Crippen molar-refractivity contribution < 1.29 is 14.7 Å². The molecule has 0 spiro atoms. The molecule has 2 aromatic carbocycles. The van der Waals surface area contributed by atoms with Gasteiger partial charge in [0.15, 0.2) is 0 Å². The Morgan fingerprint density at radius 2 is 1.73 bits per heavy atom. The Labute approximate surface area is 164 Å². The van der Waals surface area contributed by atoms with Gasteiger partial charge in [-0.05, 0) is 42.0 Å². The number of ketones is 1. The van der Waals surface area contributed by atoms with Crippen LogP contribution in [0.4, 0.5) is 0 Å². The number of aliphatic hydroxyl groups excluding tert-OH is 1. The zero-order valence-electron chi connectivity index (χ0n) is 13.7. The molecule has 1 saturated heterocycles. The topological polar surface area (TPSA) is 83.6 Å². The third-order valence-electron chi connectivity index (χ3n) is 4.21. The Kier molecular flexibility index (Phi) is 5.46. The number of carbonyl (C=O) groups is 2. The van der Waals surface area contributed by atoms with E-state index in [0.717, 1.165) is 10.0 Å². The summed E-state index contributed by atoms with van der Waals surface area (Å²) in [4.78, 5) is 26.5. The first-order valence-corrected chi connectivity index (χ1v) is 9.11. The highest BCUT2D eigenvalue weighted by atomic mass is 79.9. The van der Waals surface area contributed by atoms with Crippen LogP contribution in [0.15, 0.2) is 58.6 Å². The number of rotatable bonds is 4. The summed E-state index contributed by atoms with van der Waals surface area (Å²) in [5, 5.41) is 11.3. The number of nitrogens with zero attached hydrogens (tertiary/aromatic N) is 1. The minimum absolute atomic E-state index is 0.0492. The summed E-state index contributed by atoms with van der Waals surface area (Å²) < 4.78 is 0.870. The molecule has 0 radical (unpaired) electrons. The highest BCUT2D eigenvalue weighted by molar-refractivity contribution is 9.10. The average molecular weight is 436 g/mol. The Morgan fingerprint density at radius 3 is 2.31 bits per heavy atom. The fraction of sp³-hybridized carbons (Fsp3) is 0.158. The van der Waals surface area contributed by atoms with Gasteiger partial charge in [0.25, 0.3) is 11.7 Å². The normalized spacial score (nSPS) is 19.2. The smallest absolute Gasteiger partial charge is 0.295 e. The zero-order chi connectivity index (χ0) is 18.8. The number of halogens is 2. The fourth-order valence-corrected chi connectivity index (χ4v) is 3.39. The van der Waals surface area contributed by atoms with Crippen LogP contribution in [-0.4, -0.2) is 34.8 Å². The van der Waals surface area contributed by atoms with Crippen molar-refractivity contribution in [2.24, 2.45) is 5.73 Å². The highest BCUT2D eigenvalue weighted by Crippen LogP contribution is 2.39. The number of nitrogens with two attached hydrogens (primary N) is 1. The summed E-state index contributed by atoms with van der Waals surface area (Å²) >= 11 is 9.26. The first-order chi connectivity index (χ1) is 12.4. The van der Waals surface area contributed by atoms with E-state index in [1.165, 1.54) is 4.90 Å². The van der Waals surface area contributed by atoms with Gasteiger partial charge in [0.05, 0.1) is 11.6 Å². The van der Waals surface area contributed by atoms with Crippen LogP contribution in [-0.2, 0) is 9.59 Å². The lowest BCUT2D eigenvalue weighted by molar-refractivity contribution is -0.139. The second-order valence-corrected chi connectivity index (χ2v) is 7.19. The van der Waals surface area contributed by atoms with Gasteiger partial charge in [0.2, 0.25) is 0 Å². The molecule has 3 rings (SSSR count). The maximum Gasteiger partial charge on any atom is 0.295 e. The first-order valence-electron chi connectivity index (χ1n) is 7.94. The van der Waals surface area contributed by atoms with Crippen LogP contribution < -0.4 is 5.73 Å². The van der Waals surface area contributed by atoms with Crippen molar-refractivity contribution in [3.05, 3.63) is 74.7 Å². The summed E-state index contributed by atoms with van der Waals surface area (Å²) in [6.45, 7) is 0.420. The highest BCUT2D eigenvalue weighted by Gasteiger charge is 2.45. The molecular weight excluding hydrogens is 420 g/mol. The largest absolute Gasteiger partial charge is 0.507 e. The van der Waals surface area contributed by atoms with E-state index in [4.69, 9.17) is 17.3 Å². The molecule has 1 fully saturated rings. The van der Waals surface area contributed by atoms with Crippen molar-refractivity contribution in [1.29, 1.82) is 0 Å². The predicted octanol–water partition coefficient (Wildman–Crippen LogP) is 3.48. The van der Waals surface area contributed by atoms with Gasteiger partial charge < -0.3 is 15.7 Å². The molecule has 0 saturated carbocycles. The third kappa shape index (κ3) is 3.40. The van der Waals surface area contributed by atoms with Crippen molar-refractivity contribution in [2.45, 2.75) is 6.04 Å². The minimum Gasteiger partial charge on any atom is -0.507 e. The van der Waals surface area contributed by atoms with Crippen molar-refractivity contribution in [1.82, 2.24) is 4.90 Å². The van der Waals surface area contributed by atoms with Crippen LogP contribution in [0.1, 0.15) is 17.2 Å². The van der Waals surface area contributed by atoms with E-state index < -0.39 is 17.7 Å². The number of hydrogen-bond donors (Lipinski definition) is 2. The monoisotopic (exact) mass is 434 g/mol. The molecule has 0 unspecified atom stereocenters. The molecule has 3 N–H and O–H groups in total. The number of benzene rings is 2. The molecule has 1 heterocycles. The number of hydrogen-bond acceptors (Lipinski definition) is 4. The Morgan fingerprint density at radius 1 is 1.12 bits per heavy atom. The van der Waals surface area contributed by atoms with E-state index >= 15 is 0 Å². The van der Waals surface area contributed by atoms with Gasteiger partial charge in [-0.25, -0.2) is 0 Å². The molecule has 134 valence electrons. The number of aliphatic hydroxyl groups is 1. The molecule has 1 aliphatic rings. The van der Waals surface area contributed by atoms with Gasteiger partial charge in [0.1, 0.15) is 5.76 Å². The van der Waals surface area contributed by atoms with Crippen LogP contribution in [0.3, 0.4) is 0 Å². The number of likely N-dealkylation sites (tertiary alicyclic amines) is 1. The SMILES string of the molecule is NCCN1C(=O)C(=O)C(=C(O)c2ccc(Cl)cc2)[C@@H]1c1ccc(Br)cc1. The lowest BCUT2D eigenvalue weighted by Crippen LogP contribution is -2.34. The summed E-state index contributed by atoms with van der Waals surface area (Å²) in [5.41, 5.74) is 6.81. The summed E-state index contributed by atoms with van der Waals surface area (Å²) in [6.07, 6.45) is 0. The molecule has 5 nitrogen and oxygen atoms in total. The van der Waals surface area contributed by atoms with Crippen molar-refractivity contribution in [3.63, 3.8) is 0 Å². The Balaban J connectivity index is 2.17. The van der Waals surface area contributed by atoms with Gasteiger partial charge in [0, 0.05) is 28.1 Å². The molecule has 7 heteroatoms. The Hall–Kier alpha value is -2.15. The fourth-order valence-electron chi connectivity index (χ4n) is 3.00. The lowest BCUT2D eigenvalue weighted by atomic mass is 9.95. The lowest BCUT2D eigenvalue weighted by Gasteiger charge is -2.24. The average Bonchev–Trinajstić information content (AvgIpc) is 2.88. The second kappa shape index (κ2) is 7.61. The van der Waals surface area contributed by atoms with Gasteiger partial charge in [-0.1, -0.05) is 39.7 Å². The molecule has 2 aromatic rings. The van der Waals surface area contributed by atoms with Crippen LogP contribution >= 0.6 is 27.5 Å². The van der Waals surface area contributed by atoms with E-state index in [9.17, 15) is 14.7 Å². The van der Waals surface area contributed by atoms with Crippen LogP contribution in [0.5, 0.6) is 0 Å². The molecule has 0 aromatic heterocycles. The van der Waals surface area contributed by atoms with E-state index in [1.807, 2.05) is 12.1 Å². The summed E-state index contributed by atoms with van der Waals surface area (Å²) in [6, 6.07) is 13.0. The first kappa shape index (κ1) is 18.6. The molecule has 1 atom stereocenters. The number of carbonyl (C=O) groups excluding carboxylic acids is 2. The third-order valence-corrected chi connectivity index (χ3v) is 4.99. The standard InChI is InChI=1S/C19H16BrClN2O3/c20-13-5-1-11(2-6-13)16-15(18(25)19(26)23(16)10-9-22)17(24)12-3-7-14(21)8-4-12/h1-8,16,24H,9-10,22H2/t16-/m0/s1. The van der Waals surface area contributed by atoms with E-state index in [1.54, 1.807) is 36.4 Å². The van der Waals surface area contributed by atoms with Crippen LogP contribution in [0.25, 0.3) is 5.76 Å². The van der Waals surface area contributed by atoms with E-state index in [-0.39, 0.29) is 24.4 Å². The maximum atomic E-state index is 12.6. The molecule has 1 aliphatic heterocycles. The zero-order valence-corrected chi connectivity index (χ0v) is 16.0. The second-order valence-electron chi connectivity index (χ2n) is 5.84. The van der Waals surface area contributed by atoms with Crippen molar-refractivity contribution in [2.75, 3.05) is 13.1 Å². The summed E-state index contributed by atoms with van der Waals surface area (Å²) in [5.74, 6) is -1.62. The van der Waals surface area contributed by atoms with E-state index in [0.29, 0.717) is 10.6 Å². The quantitative estimate of drug-likeness (QED) is 0.437. The van der Waals surface area contributed by atoms with Crippen LogP contribution in [0, 0.1) is 0 Å². The molecule has 26 heavy (non-hydrogen) atoms. The van der Waals surface area contributed by atoms with E-state index in [2.05, 4.69) is 15.9 Å². The molecule has 0 bridgehead atoms. The van der Waals surface area contributed by atoms with Crippen LogP contribution in [0.2, 0.25) is 5.02 Å². The number of Topliss-reactive ketones (excluding diaryl/α,β-unsaturated/α-hetero) is 1. The number of amides is 1. The van der Waals surface area contributed by atoms with Crippen molar-refractivity contribution >= 4 is 45.0 Å². The summed E-state index contributed by atoms with van der Waals surface area (Å²) in [7, 11) is 0. The molecule has 1 amide bonds. The minimum atomic E-state index is -0.723. The van der Waals surface area contributed by atoms with Gasteiger partial charge in [-0.3, -0.25) is 9.59 Å². The molecular formula is C19H16BrClN2O3.